The van der Waals surface area contributed by atoms with Crippen LogP contribution in [0.25, 0.3) is 0 Å². The molecule has 1 aromatic heterocycles. The molecule has 1 saturated heterocycles. The standard InChI is InChI=1S/C15H15Cl2N3O2/c16-11-4-3-10(12(17)8-11)9-20-6-5-14(19-20)18-15(21)13-2-1-7-22-13/h3-6,8,13H,1-2,7,9H2,(H,18,19,21). The molecular formula is C15H15Cl2N3O2. The Kier molecular flexibility index (Phi) is 4.66. The van der Waals surface area contributed by atoms with E-state index < -0.39 is 0 Å². The lowest BCUT2D eigenvalue weighted by atomic mass is 10.2. The number of halogens is 2. The lowest BCUT2D eigenvalue weighted by Crippen LogP contribution is -2.27. The Morgan fingerprint density at radius 2 is 2.27 bits per heavy atom. The lowest BCUT2D eigenvalue weighted by molar-refractivity contribution is -0.124. The first-order chi connectivity index (χ1) is 10.6. The van der Waals surface area contributed by atoms with Crippen molar-refractivity contribution in [1.29, 1.82) is 0 Å². The van der Waals surface area contributed by atoms with Gasteiger partial charge in [-0.1, -0.05) is 29.3 Å². The Balaban J connectivity index is 1.64. The van der Waals surface area contributed by atoms with Crippen LogP contribution >= 0.6 is 23.2 Å². The number of nitrogens with zero attached hydrogens (tertiary/aromatic N) is 2. The number of carbonyl (C=O) groups is 1. The summed E-state index contributed by atoms with van der Waals surface area (Å²) in [7, 11) is 0. The molecule has 1 N–H and O–H groups in total. The molecule has 5 nitrogen and oxygen atoms in total. The maximum atomic E-state index is 12.0. The fourth-order valence-electron chi connectivity index (χ4n) is 2.33. The van der Waals surface area contributed by atoms with Crippen molar-refractivity contribution in [3.8, 4) is 0 Å². The van der Waals surface area contributed by atoms with Crippen LogP contribution in [0.1, 0.15) is 18.4 Å². The normalized spacial score (nSPS) is 17.6. The van der Waals surface area contributed by atoms with Crippen LogP contribution in [0, 0.1) is 0 Å². The Morgan fingerprint density at radius 3 is 3.00 bits per heavy atom. The van der Waals surface area contributed by atoms with Crippen molar-refractivity contribution in [2.24, 2.45) is 0 Å². The number of rotatable bonds is 4. The average molecular weight is 340 g/mol. The van der Waals surface area contributed by atoms with E-state index in [1.54, 1.807) is 29.1 Å². The first-order valence-corrected chi connectivity index (χ1v) is 7.77. The Labute approximate surface area is 138 Å². The predicted molar refractivity (Wildman–Crippen MR) is 85.4 cm³/mol. The number of nitrogens with one attached hydrogen (secondary N) is 1. The van der Waals surface area contributed by atoms with E-state index >= 15 is 0 Å². The van der Waals surface area contributed by atoms with Gasteiger partial charge in [-0.3, -0.25) is 9.48 Å². The molecule has 0 spiro atoms. The summed E-state index contributed by atoms with van der Waals surface area (Å²) >= 11 is 12.0. The van der Waals surface area contributed by atoms with Gasteiger partial charge in [0.15, 0.2) is 5.82 Å². The molecule has 1 aliphatic heterocycles. The molecule has 0 bridgehead atoms. The third-order valence-corrected chi connectivity index (χ3v) is 4.05. The van der Waals surface area contributed by atoms with Gasteiger partial charge in [0.2, 0.25) is 0 Å². The third-order valence-electron chi connectivity index (χ3n) is 3.46. The summed E-state index contributed by atoms with van der Waals surface area (Å²) in [5.74, 6) is 0.359. The summed E-state index contributed by atoms with van der Waals surface area (Å²) < 4.78 is 7.05. The van der Waals surface area contributed by atoms with Crippen LogP contribution in [0.4, 0.5) is 5.82 Å². The van der Waals surface area contributed by atoms with Crippen molar-refractivity contribution in [2.75, 3.05) is 11.9 Å². The van der Waals surface area contributed by atoms with Crippen LogP contribution in [-0.4, -0.2) is 28.4 Å². The van der Waals surface area contributed by atoms with E-state index in [9.17, 15) is 4.79 Å². The highest BCUT2D eigenvalue weighted by Gasteiger charge is 2.24. The minimum atomic E-state index is -0.365. The molecule has 1 unspecified atom stereocenters. The van der Waals surface area contributed by atoms with Gasteiger partial charge in [0.25, 0.3) is 5.91 Å². The predicted octanol–water partition coefficient (Wildman–Crippen LogP) is 3.36. The van der Waals surface area contributed by atoms with Crippen LogP contribution in [0.2, 0.25) is 10.0 Å². The van der Waals surface area contributed by atoms with E-state index in [-0.39, 0.29) is 12.0 Å². The second-order valence-electron chi connectivity index (χ2n) is 5.13. The van der Waals surface area contributed by atoms with E-state index in [4.69, 9.17) is 27.9 Å². The number of aromatic nitrogens is 2. The highest BCUT2D eigenvalue weighted by atomic mass is 35.5. The van der Waals surface area contributed by atoms with Crippen molar-refractivity contribution in [3.05, 3.63) is 46.1 Å². The van der Waals surface area contributed by atoms with Gasteiger partial charge in [-0.2, -0.15) is 5.10 Å². The average Bonchev–Trinajstić information content (AvgIpc) is 3.13. The SMILES string of the molecule is O=C(Nc1ccn(Cc2ccc(Cl)cc2Cl)n1)C1CCCO1. The maximum absolute atomic E-state index is 12.0. The van der Waals surface area contributed by atoms with Crippen LogP contribution in [0.15, 0.2) is 30.5 Å². The van der Waals surface area contributed by atoms with Crippen LogP contribution in [0.3, 0.4) is 0 Å². The third kappa shape index (κ3) is 3.61. The highest BCUT2D eigenvalue weighted by molar-refractivity contribution is 6.35. The topological polar surface area (TPSA) is 56.2 Å². The number of ether oxygens (including phenoxy) is 1. The van der Waals surface area contributed by atoms with Gasteiger partial charge in [0.1, 0.15) is 6.10 Å². The second-order valence-corrected chi connectivity index (χ2v) is 5.97. The number of hydrogen-bond donors (Lipinski definition) is 1. The molecular weight excluding hydrogens is 325 g/mol. The van der Waals surface area contributed by atoms with Gasteiger partial charge in [-0.25, -0.2) is 0 Å². The van der Waals surface area contributed by atoms with Crippen LogP contribution in [-0.2, 0) is 16.1 Å². The van der Waals surface area contributed by atoms with E-state index in [2.05, 4.69) is 10.4 Å². The monoisotopic (exact) mass is 339 g/mol. The summed E-state index contributed by atoms with van der Waals surface area (Å²) in [6.07, 6.45) is 3.10. The number of hydrogen-bond acceptors (Lipinski definition) is 3. The second kappa shape index (κ2) is 6.69. The summed E-state index contributed by atoms with van der Waals surface area (Å²) in [5, 5.41) is 8.27. The molecule has 1 aliphatic rings. The molecule has 1 amide bonds. The van der Waals surface area contributed by atoms with Gasteiger partial charge in [0.05, 0.1) is 6.54 Å². The molecule has 1 atom stereocenters. The van der Waals surface area contributed by atoms with E-state index in [0.717, 1.165) is 18.4 Å². The van der Waals surface area contributed by atoms with Crippen molar-refractivity contribution < 1.29 is 9.53 Å². The molecule has 22 heavy (non-hydrogen) atoms. The lowest BCUT2D eigenvalue weighted by Gasteiger charge is -2.08. The summed E-state index contributed by atoms with van der Waals surface area (Å²) in [6.45, 7) is 1.15. The smallest absolute Gasteiger partial charge is 0.254 e. The highest BCUT2D eigenvalue weighted by Crippen LogP contribution is 2.22. The van der Waals surface area contributed by atoms with Gasteiger partial charge >= 0.3 is 0 Å². The van der Waals surface area contributed by atoms with Gasteiger partial charge < -0.3 is 10.1 Å². The molecule has 0 radical (unpaired) electrons. The van der Waals surface area contributed by atoms with E-state index in [1.165, 1.54) is 0 Å². The maximum Gasteiger partial charge on any atom is 0.254 e. The molecule has 1 aromatic carbocycles. The summed E-state index contributed by atoms with van der Waals surface area (Å²) in [5.41, 5.74) is 0.908. The Hall–Kier alpha value is -1.56. The minimum Gasteiger partial charge on any atom is -0.368 e. The largest absolute Gasteiger partial charge is 0.368 e. The van der Waals surface area contributed by atoms with Gasteiger partial charge in [0, 0.05) is 28.9 Å². The summed E-state index contributed by atoms with van der Waals surface area (Å²) in [6, 6.07) is 7.09. The van der Waals surface area contributed by atoms with Crippen molar-refractivity contribution in [2.45, 2.75) is 25.5 Å². The molecule has 3 rings (SSSR count). The fourth-order valence-corrected chi connectivity index (χ4v) is 2.80. The first kappa shape index (κ1) is 15.3. The molecule has 0 saturated carbocycles. The van der Waals surface area contributed by atoms with E-state index in [0.29, 0.717) is 29.0 Å². The van der Waals surface area contributed by atoms with Gasteiger partial charge in [-0.05, 0) is 30.5 Å². The quantitative estimate of drug-likeness (QED) is 0.929. The van der Waals surface area contributed by atoms with Crippen LogP contribution < -0.4 is 5.32 Å². The number of benzene rings is 1. The molecule has 1 fully saturated rings. The zero-order chi connectivity index (χ0) is 15.5. The van der Waals surface area contributed by atoms with Crippen molar-refractivity contribution >= 4 is 34.9 Å². The molecule has 116 valence electrons. The summed E-state index contributed by atoms with van der Waals surface area (Å²) in [4.78, 5) is 12.0. The Morgan fingerprint density at radius 1 is 1.41 bits per heavy atom. The number of anilines is 1. The zero-order valence-corrected chi connectivity index (χ0v) is 13.3. The Bertz CT molecular complexity index is 681. The molecule has 0 aliphatic carbocycles. The minimum absolute atomic E-state index is 0.146. The first-order valence-electron chi connectivity index (χ1n) is 7.02. The van der Waals surface area contributed by atoms with Crippen LogP contribution in [0.5, 0.6) is 0 Å². The van der Waals surface area contributed by atoms with Crippen molar-refractivity contribution in [3.63, 3.8) is 0 Å². The van der Waals surface area contributed by atoms with E-state index in [1.807, 2.05) is 6.07 Å². The number of carbonyl (C=O) groups excluding carboxylic acids is 1. The fraction of sp³-hybridized carbons (Fsp3) is 0.333. The van der Waals surface area contributed by atoms with Crippen molar-refractivity contribution in [1.82, 2.24) is 9.78 Å². The van der Waals surface area contributed by atoms with Gasteiger partial charge in [-0.15, -0.1) is 0 Å². The molecule has 2 heterocycles. The zero-order valence-electron chi connectivity index (χ0n) is 11.8. The number of amides is 1. The molecule has 2 aromatic rings. The molecule has 7 heteroatoms.